The lowest BCUT2D eigenvalue weighted by molar-refractivity contribution is 0.442. The summed E-state index contributed by atoms with van der Waals surface area (Å²) in [5.74, 6) is -0.919. The van der Waals surface area contributed by atoms with Crippen LogP contribution in [-0.2, 0) is 10.1 Å². The normalized spacial score (nSPS) is 11.8. The predicted octanol–water partition coefficient (Wildman–Crippen LogP) is 1.50. The van der Waals surface area contributed by atoms with E-state index in [1.165, 1.54) is 18.2 Å². The van der Waals surface area contributed by atoms with Crippen molar-refractivity contribution in [2.24, 2.45) is 0 Å². The highest BCUT2D eigenvalue weighted by molar-refractivity contribution is 7.86. The Morgan fingerprint density at radius 3 is 2.25 bits per heavy atom. The highest BCUT2D eigenvalue weighted by Gasteiger charge is 2.21. The molecule has 0 saturated carbocycles. The third kappa shape index (κ3) is 1.58. The quantitative estimate of drug-likeness (QED) is 0.656. The second-order valence-electron chi connectivity index (χ2n) is 3.26. The fourth-order valence-electron chi connectivity index (χ4n) is 1.58. The molecule has 0 aliphatic heterocycles. The molecule has 16 heavy (non-hydrogen) atoms. The van der Waals surface area contributed by atoms with E-state index in [1.54, 1.807) is 6.07 Å². The fraction of sp³-hybridized carbons (Fsp3) is 0. The molecule has 84 valence electrons. The number of hydrogen-bond donors (Lipinski definition) is 3. The maximum atomic E-state index is 11.1. The third-order valence-electron chi connectivity index (χ3n) is 2.21. The second kappa shape index (κ2) is 3.36. The van der Waals surface area contributed by atoms with Gasteiger partial charge in [-0.05, 0) is 17.5 Å². The molecule has 0 bridgehead atoms. The molecule has 0 atom stereocenters. The summed E-state index contributed by atoms with van der Waals surface area (Å²) in [5.41, 5.74) is 0. The van der Waals surface area contributed by atoms with Crippen molar-refractivity contribution in [3.63, 3.8) is 0 Å². The van der Waals surface area contributed by atoms with Crippen molar-refractivity contribution >= 4 is 20.9 Å². The number of hydrogen-bond acceptors (Lipinski definition) is 4. The number of phenolic OH excluding ortho intramolecular Hbond substituents is 2. The Kier molecular flexibility index (Phi) is 2.25. The van der Waals surface area contributed by atoms with E-state index < -0.39 is 20.8 Å². The summed E-state index contributed by atoms with van der Waals surface area (Å²) >= 11 is 0. The van der Waals surface area contributed by atoms with Crippen LogP contribution in [0.4, 0.5) is 0 Å². The molecule has 2 aromatic rings. The van der Waals surface area contributed by atoms with Crippen molar-refractivity contribution in [2.75, 3.05) is 0 Å². The fourth-order valence-corrected chi connectivity index (χ4v) is 2.39. The van der Waals surface area contributed by atoms with Gasteiger partial charge in [0.2, 0.25) is 0 Å². The molecular formula is C10H8O5S. The Morgan fingerprint density at radius 1 is 0.938 bits per heavy atom. The van der Waals surface area contributed by atoms with E-state index in [1.807, 2.05) is 0 Å². The topological polar surface area (TPSA) is 94.8 Å². The molecule has 0 radical (unpaired) electrons. The van der Waals surface area contributed by atoms with Crippen molar-refractivity contribution in [3.8, 4) is 11.5 Å². The summed E-state index contributed by atoms with van der Waals surface area (Å²) in [6.07, 6.45) is 0. The molecular weight excluding hydrogens is 232 g/mol. The number of benzene rings is 2. The number of fused-ring (bicyclic) bond motifs is 1. The van der Waals surface area contributed by atoms with Crippen LogP contribution in [0.3, 0.4) is 0 Å². The van der Waals surface area contributed by atoms with Crippen LogP contribution in [-0.4, -0.2) is 23.2 Å². The van der Waals surface area contributed by atoms with Gasteiger partial charge in [-0.2, -0.15) is 8.42 Å². The Balaban J connectivity index is 3.07. The minimum absolute atomic E-state index is 0.0926. The zero-order chi connectivity index (χ0) is 11.9. The van der Waals surface area contributed by atoms with Gasteiger partial charge in [0.1, 0.15) is 16.4 Å². The summed E-state index contributed by atoms with van der Waals surface area (Å²) in [6.45, 7) is 0. The van der Waals surface area contributed by atoms with Gasteiger partial charge in [0.25, 0.3) is 10.1 Å². The molecule has 2 rings (SSSR count). The van der Waals surface area contributed by atoms with Crippen LogP contribution in [0.25, 0.3) is 10.8 Å². The van der Waals surface area contributed by atoms with Crippen LogP contribution in [0.15, 0.2) is 35.2 Å². The minimum atomic E-state index is -4.59. The van der Waals surface area contributed by atoms with E-state index in [0.717, 1.165) is 6.07 Å². The molecule has 0 amide bonds. The van der Waals surface area contributed by atoms with Gasteiger partial charge >= 0.3 is 0 Å². The Bertz CT molecular complexity index is 660. The second-order valence-corrected chi connectivity index (χ2v) is 4.62. The van der Waals surface area contributed by atoms with Gasteiger partial charge < -0.3 is 10.2 Å². The van der Waals surface area contributed by atoms with E-state index in [9.17, 15) is 18.6 Å². The molecule has 0 heterocycles. The molecule has 0 aliphatic rings. The van der Waals surface area contributed by atoms with Gasteiger partial charge in [0.05, 0.1) is 0 Å². The zero-order valence-electron chi connectivity index (χ0n) is 7.95. The highest BCUT2D eigenvalue weighted by atomic mass is 32.2. The van der Waals surface area contributed by atoms with Crippen LogP contribution in [0.5, 0.6) is 11.5 Å². The number of rotatable bonds is 1. The summed E-state index contributed by atoms with van der Waals surface area (Å²) in [5, 5.41) is 19.3. The highest BCUT2D eigenvalue weighted by Crippen LogP contribution is 2.36. The smallest absolute Gasteiger partial charge is 0.298 e. The van der Waals surface area contributed by atoms with E-state index in [0.29, 0.717) is 5.39 Å². The van der Waals surface area contributed by atoms with E-state index in [-0.39, 0.29) is 11.1 Å². The van der Waals surface area contributed by atoms with Crippen LogP contribution in [0.2, 0.25) is 0 Å². The molecule has 3 N–H and O–H groups in total. The Morgan fingerprint density at radius 2 is 1.62 bits per heavy atom. The summed E-state index contributed by atoms with van der Waals surface area (Å²) in [7, 11) is -4.59. The molecule has 0 spiro atoms. The molecule has 0 saturated heterocycles. The predicted molar refractivity (Wildman–Crippen MR) is 57.1 cm³/mol. The first-order valence-corrected chi connectivity index (χ1v) is 5.76. The Hall–Kier alpha value is -1.79. The van der Waals surface area contributed by atoms with Gasteiger partial charge in [-0.3, -0.25) is 4.55 Å². The maximum Gasteiger partial charge on any atom is 0.298 e. The van der Waals surface area contributed by atoms with Crippen molar-refractivity contribution < 1.29 is 23.2 Å². The van der Waals surface area contributed by atoms with Crippen LogP contribution < -0.4 is 0 Å². The standard InChI is InChI=1S/C10H8O5S/c11-7-3-1-2-6-4-5-8(12)10(9(6)7)16(13,14)15/h1-5,11-12H,(H,13,14,15). The maximum absolute atomic E-state index is 11.1. The molecule has 0 fully saturated rings. The monoisotopic (exact) mass is 240 g/mol. The minimum Gasteiger partial charge on any atom is -0.507 e. The van der Waals surface area contributed by atoms with Crippen LogP contribution >= 0.6 is 0 Å². The molecule has 0 unspecified atom stereocenters. The van der Waals surface area contributed by atoms with Crippen molar-refractivity contribution in [3.05, 3.63) is 30.3 Å². The molecule has 2 aromatic carbocycles. The van der Waals surface area contributed by atoms with Gasteiger partial charge in [0.15, 0.2) is 0 Å². The third-order valence-corrected chi connectivity index (χ3v) is 3.14. The SMILES string of the molecule is O=S(=O)(O)c1c(O)ccc2cccc(O)c12. The Labute approximate surface area is 91.3 Å². The van der Waals surface area contributed by atoms with Crippen LogP contribution in [0, 0.1) is 0 Å². The largest absolute Gasteiger partial charge is 0.507 e. The zero-order valence-corrected chi connectivity index (χ0v) is 8.77. The molecule has 6 heteroatoms. The number of phenols is 2. The van der Waals surface area contributed by atoms with Gasteiger partial charge in [-0.1, -0.05) is 18.2 Å². The summed E-state index contributed by atoms with van der Waals surface area (Å²) in [4.78, 5) is -0.678. The average Bonchev–Trinajstić information content (AvgIpc) is 2.17. The lowest BCUT2D eigenvalue weighted by atomic mass is 10.1. The molecule has 0 aromatic heterocycles. The van der Waals surface area contributed by atoms with Gasteiger partial charge in [0, 0.05) is 5.39 Å². The first-order chi connectivity index (χ1) is 7.41. The van der Waals surface area contributed by atoms with E-state index >= 15 is 0 Å². The number of aromatic hydroxyl groups is 2. The van der Waals surface area contributed by atoms with Crippen LogP contribution in [0.1, 0.15) is 0 Å². The average molecular weight is 240 g/mol. The van der Waals surface area contributed by atoms with E-state index in [4.69, 9.17) is 4.55 Å². The molecule has 5 nitrogen and oxygen atoms in total. The molecule has 0 aliphatic carbocycles. The lowest BCUT2D eigenvalue weighted by Crippen LogP contribution is -1.99. The summed E-state index contributed by atoms with van der Waals surface area (Å²) in [6, 6.07) is 6.95. The lowest BCUT2D eigenvalue weighted by Gasteiger charge is -2.07. The van der Waals surface area contributed by atoms with Gasteiger partial charge in [-0.15, -0.1) is 0 Å². The van der Waals surface area contributed by atoms with Crippen molar-refractivity contribution in [1.82, 2.24) is 0 Å². The van der Waals surface area contributed by atoms with Crippen molar-refractivity contribution in [2.45, 2.75) is 4.90 Å². The van der Waals surface area contributed by atoms with Gasteiger partial charge in [-0.25, -0.2) is 0 Å². The first-order valence-electron chi connectivity index (χ1n) is 4.32. The summed E-state index contributed by atoms with van der Waals surface area (Å²) < 4.78 is 31.2. The first kappa shape index (κ1) is 10.7. The van der Waals surface area contributed by atoms with E-state index in [2.05, 4.69) is 0 Å². The van der Waals surface area contributed by atoms with Crippen molar-refractivity contribution in [1.29, 1.82) is 0 Å².